The van der Waals surface area contributed by atoms with Gasteiger partial charge in [0.05, 0.1) is 6.10 Å². The Morgan fingerprint density at radius 3 is 2.92 bits per heavy atom. The Bertz CT molecular complexity index is 671. The molecule has 3 unspecified atom stereocenters. The molecule has 0 radical (unpaired) electrons. The van der Waals surface area contributed by atoms with Crippen LogP contribution in [0.3, 0.4) is 0 Å². The lowest BCUT2D eigenvalue weighted by Gasteiger charge is -2.63. The molecule has 3 aliphatic rings. The van der Waals surface area contributed by atoms with Gasteiger partial charge in [-0.2, -0.15) is 0 Å². The van der Waals surface area contributed by atoms with Crippen LogP contribution in [0.15, 0.2) is 23.2 Å². The first-order valence-electron chi connectivity index (χ1n) is 9.48. The zero-order valence-electron chi connectivity index (χ0n) is 15.1. The SMILES string of the molecule is CN=C(NCCc1ccc(F)cc1C)NC1C2CCOC2C12CCC2. The highest BCUT2D eigenvalue weighted by atomic mass is 19.1. The van der Waals surface area contributed by atoms with Crippen molar-refractivity contribution in [2.45, 2.75) is 51.2 Å². The molecule has 3 atom stereocenters. The summed E-state index contributed by atoms with van der Waals surface area (Å²) in [5, 5.41) is 7.11. The fourth-order valence-corrected chi connectivity index (χ4v) is 5.05. The van der Waals surface area contributed by atoms with Crippen molar-refractivity contribution in [1.82, 2.24) is 10.6 Å². The van der Waals surface area contributed by atoms with Crippen LogP contribution in [0.25, 0.3) is 0 Å². The van der Waals surface area contributed by atoms with Crippen LogP contribution in [0.1, 0.15) is 36.8 Å². The maximum Gasteiger partial charge on any atom is 0.191 e. The molecule has 1 aromatic rings. The normalized spacial score (nSPS) is 29.7. The van der Waals surface area contributed by atoms with E-state index in [-0.39, 0.29) is 5.82 Å². The van der Waals surface area contributed by atoms with Gasteiger partial charge >= 0.3 is 0 Å². The predicted octanol–water partition coefficient (Wildman–Crippen LogP) is 2.80. The van der Waals surface area contributed by atoms with Gasteiger partial charge in [-0.1, -0.05) is 12.5 Å². The number of aliphatic imine (C=N–C) groups is 1. The topological polar surface area (TPSA) is 45.7 Å². The Balaban J connectivity index is 1.32. The van der Waals surface area contributed by atoms with Crippen molar-refractivity contribution in [3.63, 3.8) is 0 Å². The Morgan fingerprint density at radius 1 is 1.40 bits per heavy atom. The summed E-state index contributed by atoms with van der Waals surface area (Å²) in [4.78, 5) is 4.41. The third-order valence-electron chi connectivity index (χ3n) is 6.54. The summed E-state index contributed by atoms with van der Waals surface area (Å²) in [5.74, 6) is 1.34. The summed E-state index contributed by atoms with van der Waals surface area (Å²) in [6.07, 6.45) is 6.36. The molecule has 1 aliphatic heterocycles. The van der Waals surface area contributed by atoms with Crippen LogP contribution in [0.5, 0.6) is 0 Å². The summed E-state index contributed by atoms with van der Waals surface area (Å²) in [7, 11) is 1.83. The second kappa shape index (κ2) is 6.60. The van der Waals surface area contributed by atoms with Crippen molar-refractivity contribution < 1.29 is 9.13 Å². The number of nitrogens with one attached hydrogen (secondary N) is 2. The van der Waals surface area contributed by atoms with Crippen LogP contribution in [0, 0.1) is 24.1 Å². The van der Waals surface area contributed by atoms with Gasteiger partial charge in [0, 0.05) is 37.6 Å². The van der Waals surface area contributed by atoms with E-state index in [1.165, 1.54) is 30.9 Å². The fourth-order valence-electron chi connectivity index (χ4n) is 5.05. The fraction of sp³-hybridized carbons (Fsp3) is 0.650. The van der Waals surface area contributed by atoms with Crippen molar-refractivity contribution in [3.8, 4) is 0 Å². The number of halogens is 1. The third-order valence-corrected chi connectivity index (χ3v) is 6.54. The van der Waals surface area contributed by atoms with E-state index < -0.39 is 0 Å². The quantitative estimate of drug-likeness (QED) is 0.652. The summed E-state index contributed by atoms with van der Waals surface area (Å²) < 4.78 is 19.2. The van der Waals surface area contributed by atoms with Gasteiger partial charge in [-0.3, -0.25) is 4.99 Å². The van der Waals surface area contributed by atoms with Crippen molar-refractivity contribution >= 4 is 5.96 Å². The van der Waals surface area contributed by atoms with Crippen LogP contribution in [-0.4, -0.2) is 38.3 Å². The molecule has 1 saturated heterocycles. The smallest absolute Gasteiger partial charge is 0.191 e. The number of aryl methyl sites for hydroxylation is 1. The van der Waals surface area contributed by atoms with Crippen molar-refractivity contribution in [2.24, 2.45) is 16.3 Å². The molecule has 5 heteroatoms. The highest BCUT2D eigenvalue weighted by Crippen LogP contribution is 2.62. The minimum atomic E-state index is -0.171. The second-order valence-electron chi connectivity index (χ2n) is 7.77. The number of guanidine groups is 1. The van der Waals surface area contributed by atoms with Gasteiger partial charge in [-0.15, -0.1) is 0 Å². The maximum atomic E-state index is 13.2. The van der Waals surface area contributed by atoms with Crippen LogP contribution in [0.4, 0.5) is 4.39 Å². The first-order valence-corrected chi connectivity index (χ1v) is 9.48. The maximum absolute atomic E-state index is 13.2. The third kappa shape index (κ3) is 2.82. The van der Waals surface area contributed by atoms with Gasteiger partial charge in [-0.05, 0) is 55.9 Å². The molecule has 1 heterocycles. The van der Waals surface area contributed by atoms with E-state index in [2.05, 4.69) is 15.6 Å². The molecule has 2 N–H and O–H groups in total. The lowest BCUT2D eigenvalue weighted by molar-refractivity contribution is -0.171. The van der Waals surface area contributed by atoms with Gasteiger partial charge in [-0.25, -0.2) is 4.39 Å². The summed E-state index contributed by atoms with van der Waals surface area (Å²) in [5.41, 5.74) is 2.53. The number of nitrogens with zero attached hydrogens (tertiary/aromatic N) is 1. The Morgan fingerprint density at radius 2 is 2.24 bits per heavy atom. The van der Waals surface area contributed by atoms with Crippen LogP contribution in [0.2, 0.25) is 0 Å². The van der Waals surface area contributed by atoms with Crippen molar-refractivity contribution in [3.05, 3.63) is 35.1 Å². The largest absolute Gasteiger partial charge is 0.377 e. The molecule has 1 aromatic carbocycles. The number of hydrogen-bond donors (Lipinski definition) is 2. The molecule has 2 saturated carbocycles. The Kier molecular flexibility index (Phi) is 4.44. The van der Waals surface area contributed by atoms with Gasteiger partial charge in [0.2, 0.25) is 0 Å². The molecule has 0 amide bonds. The average Bonchev–Trinajstić information content (AvgIpc) is 2.96. The number of ether oxygens (including phenoxy) is 1. The molecular weight excluding hydrogens is 317 g/mol. The molecule has 0 bridgehead atoms. The molecule has 2 aliphatic carbocycles. The zero-order chi connectivity index (χ0) is 17.4. The van der Waals surface area contributed by atoms with Crippen molar-refractivity contribution in [1.29, 1.82) is 0 Å². The van der Waals surface area contributed by atoms with E-state index in [0.29, 0.717) is 23.5 Å². The van der Waals surface area contributed by atoms with Crippen LogP contribution in [-0.2, 0) is 11.2 Å². The van der Waals surface area contributed by atoms with E-state index in [1.54, 1.807) is 6.07 Å². The molecular formula is C20H28FN3O. The second-order valence-corrected chi connectivity index (χ2v) is 7.77. The van der Waals surface area contributed by atoms with Crippen LogP contribution < -0.4 is 10.6 Å². The summed E-state index contributed by atoms with van der Waals surface area (Å²) in [6.45, 7) is 3.65. The molecule has 25 heavy (non-hydrogen) atoms. The molecule has 4 nitrogen and oxygen atoms in total. The van der Waals surface area contributed by atoms with E-state index in [9.17, 15) is 4.39 Å². The van der Waals surface area contributed by atoms with E-state index >= 15 is 0 Å². The Hall–Kier alpha value is -1.62. The minimum Gasteiger partial charge on any atom is -0.377 e. The average molecular weight is 345 g/mol. The Labute approximate surface area is 149 Å². The lowest BCUT2D eigenvalue weighted by atomic mass is 9.46. The summed E-state index contributed by atoms with van der Waals surface area (Å²) in [6, 6.07) is 5.49. The van der Waals surface area contributed by atoms with E-state index in [1.807, 2.05) is 20.0 Å². The van der Waals surface area contributed by atoms with E-state index in [0.717, 1.165) is 37.5 Å². The predicted molar refractivity (Wildman–Crippen MR) is 97.3 cm³/mol. The van der Waals surface area contributed by atoms with Gasteiger partial charge in [0.15, 0.2) is 5.96 Å². The minimum absolute atomic E-state index is 0.171. The highest BCUT2D eigenvalue weighted by molar-refractivity contribution is 5.80. The lowest BCUT2D eigenvalue weighted by Crippen LogP contribution is -2.72. The van der Waals surface area contributed by atoms with Crippen LogP contribution >= 0.6 is 0 Å². The molecule has 136 valence electrons. The number of rotatable bonds is 4. The number of hydrogen-bond acceptors (Lipinski definition) is 2. The molecule has 3 fully saturated rings. The van der Waals surface area contributed by atoms with E-state index in [4.69, 9.17) is 4.74 Å². The standard InChI is InChI=1S/C20H28FN3O/c1-13-12-15(21)5-4-14(13)6-10-23-19(22-2)24-17-16-7-11-25-18(16)20(17)8-3-9-20/h4-5,12,16-18H,3,6-11H2,1-2H3,(H2,22,23,24). The van der Waals surface area contributed by atoms with Gasteiger partial charge in [0.1, 0.15) is 5.82 Å². The molecule has 0 aromatic heterocycles. The zero-order valence-corrected chi connectivity index (χ0v) is 15.1. The summed E-state index contributed by atoms with van der Waals surface area (Å²) >= 11 is 0. The monoisotopic (exact) mass is 345 g/mol. The molecule has 1 spiro atoms. The molecule has 4 rings (SSSR count). The first kappa shape index (κ1) is 16.8. The van der Waals surface area contributed by atoms with Gasteiger partial charge < -0.3 is 15.4 Å². The van der Waals surface area contributed by atoms with Gasteiger partial charge in [0.25, 0.3) is 0 Å². The number of fused-ring (bicyclic) bond motifs is 2. The number of benzene rings is 1. The highest BCUT2D eigenvalue weighted by Gasteiger charge is 2.66. The first-order chi connectivity index (χ1) is 12.1. The van der Waals surface area contributed by atoms with Crippen molar-refractivity contribution in [2.75, 3.05) is 20.2 Å².